The van der Waals surface area contributed by atoms with Gasteiger partial charge in [0.1, 0.15) is 11.5 Å². The molecule has 0 saturated heterocycles. The molecule has 3 aromatic rings. The second-order valence-corrected chi connectivity index (χ2v) is 7.37. The standard InChI is InChI=1S/C25H20FN3O3/c1-15-5-3-4-6-21(15)29-24(31)22(17-7-9-18(26)10-8-17)23(25(29)32)28-20-13-11-19(12-14-20)27-16(2)30/h3-14,28H,1-2H3,(H,27,30). The first-order valence-electron chi connectivity index (χ1n) is 9.94. The third-order valence-electron chi connectivity index (χ3n) is 5.05. The lowest BCUT2D eigenvalue weighted by Crippen LogP contribution is -2.33. The van der Waals surface area contributed by atoms with E-state index in [-0.39, 0.29) is 17.2 Å². The van der Waals surface area contributed by atoms with Crippen LogP contribution < -0.4 is 15.5 Å². The number of nitrogens with zero attached hydrogens (tertiary/aromatic N) is 1. The van der Waals surface area contributed by atoms with Crippen LogP contribution in [-0.2, 0) is 14.4 Å². The minimum Gasteiger partial charge on any atom is -0.350 e. The second kappa shape index (κ2) is 8.47. The van der Waals surface area contributed by atoms with Gasteiger partial charge in [-0.2, -0.15) is 0 Å². The lowest BCUT2D eigenvalue weighted by Gasteiger charge is -2.17. The molecule has 6 nitrogen and oxygen atoms in total. The Morgan fingerprint density at radius 2 is 1.47 bits per heavy atom. The number of rotatable bonds is 5. The van der Waals surface area contributed by atoms with Gasteiger partial charge in [-0.15, -0.1) is 0 Å². The SMILES string of the molecule is CC(=O)Nc1ccc(NC2=C(c3ccc(F)cc3)C(=O)N(c3ccccc3C)C2=O)cc1. The number of imide groups is 1. The topological polar surface area (TPSA) is 78.5 Å². The van der Waals surface area contributed by atoms with Crippen LogP contribution in [0.3, 0.4) is 0 Å². The fourth-order valence-electron chi connectivity index (χ4n) is 3.55. The van der Waals surface area contributed by atoms with E-state index in [0.717, 1.165) is 10.5 Å². The van der Waals surface area contributed by atoms with Crippen molar-refractivity contribution in [3.8, 4) is 0 Å². The van der Waals surface area contributed by atoms with Crippen LogP contribution in [0.15, 0.2) is 78.5 Å². The summed E-state index contributed by atoms with van der Waals surface area (Å²) in [7, 11) is 0. The zero-order chi connectivity index (χ0) is 22.8. The van der Waals surface area contributed by atoms with Crippen molar-refractivity contribution in [2.24, 2.45) is 0 Å². The third kappa shape index (κ3) is 4.00. The van der Waals surface area contributed by atoms with Crippen LogP contribution in [0.4, 0.5) is 21.5 Å². The fraction of sp³-hybridized carbons (Fsp3) is 0.0800. The molecule has 0 aromatic heterocycles. The molecule has 32 heavy (non-hydrogen) atoms. The van der Waals surface area contributed by atoms with Gasteiger partial charge in [0, 0.05) is 18.3 Å². The van der Waals surface area contributed by atoms with Gasteiger partial charge in [-0.3, -0.25) is 14.4 Å². The minimum atomic E-state index is -0.505. The number of benzene rings is 3. The van der Waals surface area contributed by atoms with Crippen molar-refractivity contribution in [2.75, 3.05) is 15.5 Å². The van der Waals surface area contributed by atoms with Gasteiger partial charge < -0.3 is 10.6 Å². The van der Waals surface area contributed by atoms with Crippen LogP contribution >= 0.6 is 0 Å². The molecule has 0 radical (unpaired) electrons. The molecular formula is C25H20FN3O3. The molecule has 1 heterocycles. The number of nitrogens with one attached hydrogen (secondary N) is 2. The zero-order valence-corrected chi connectivity index (χ0v) is 17.5. The lowest BCUT2D eigenvalue weighted by molar-refractivity contribution is -0.120. The van der Waals surface area contributed by atoms with Crippen LogP contribution in [-0.4, -0.2) is 17.7 Å². The summed E-state index contributed by atoms with van der Waals surface area (Å²) in [6.07, 6.45) is 0. The highest BCUT2D eigenvalue weighted by atomic mass is 19.1. The summed E-state index contributed by atoms with van der Waals surface area (Å²) in [6, 6.07) is 19.3. The van der Waals surface area contributed by atoms with E-state index in [4.69, 9.17) is 0 Å². The number of anilines is 3. The maximum Gasteiger partial charge on any atom is 0.282 e. The van der Waals surface area contributed by atoms with Gasteiger partial charge in [-0.05, 0) is 60.5 Å². The number of para-hydroxylation sites is 1. The first-order valence-corrected chi connectivity index (χ1v) is 9.94. The van der Waals surface area contributed by atoms with Gasteiger partial charge in [0.05, 0.1) is 11.3 Å². The van der Waals surface area contributed by atoms with Crippen LogP contribution in [0.1, 0.15) is 18.1 Å². The Balaban J connectivity index is 1.76. The number of carbonyl (C=O) groups excluding carboxylic acids is 3. The Morgan fingerprint density at radius 3 is 2.09 bits per heavy atom. The Labute approximate surface area is 184 Å². The van der Waals surface area contributed by atoms with Crippen LogP contribution in [0.2, 0.25) is 0 Å². The molecule has 0 unspecified atom stereocenters. The second-order valence-electron chi connectivity index (χ2n) is 7.37. The maximum atomic E-state index is 13.5. The van der Waals surface area contributed by atoms with E-state index in [9.17, 15) is 18.8 Å². The smallest absolute Gasteiger partial charge is 0.282 e. The predicted octanol–water partition coefficient (Wildman–Crippen LogP) is 4.49. The molecule has 4 rings (SSSR count). The summed E-state index contributed by atoms with van der Waals surface area (Å²) < 4.78 is 13.5. The molecule has 0 bridgehead atoms. The molecule has 0 atom stereocenters. The number of halogens is 1. The number of hydrogen-bond acceptors (Lipinski definition) is 4. The normalized spacial score (nSPS) is 13.5. The Hall–Kier alpha value is -4.26. The average molecular weight is 429 g/mol. The monoisotopic (exact) mass is 429 g/mol. The molecule has 3 amide bonds. The summed E-state index contributed by atoms with van der Waals surface area (Å²) in [5.74, 6) is -1.63. The zero-order valence-electron chi connectivity index (χ0n) is 17.5. The predicted molar refractivity (Wildman–Crippen MR) is 121 cm³/mol. The van der Waals surface area contributed by atoms with E-state index in [1.807, 2.05) is 19.1 Å². The van der Waals surface area contributed by atoms with Crippen molar-refractivity contribution in [3.05, 3.63) is 95.4 Å². The van der Waals surface area contributed by atoms with Crippen molar-refractivity contribution in [2.45, 2.75) is 13.8 Å². The van der Waals surface area contributed by atoms with Crippen LogP contribution in [0.5, 0.6) is 0 Å². The molecule has 0 fully saturated rings. The molecule has 3 aromatic carbocycles. The fourth-order valence-corrected chi connectivity index (χ4v) is 3.55. The van der Waals surface area contributed by atoms with Gasteiger partial charge in [0.15, 0.2) is 0 Å². The van der Waals surface area contributed by atoms with Gasteiger partial charge in [-0.25, -0.2) is 9.29 Å². The number of aryl methyl sites for hydroxylation is 1. The van der Waals surface area contributed by atoms with Gasteiger partial charge >= 0.3 is 0 Å². The molecule has 0 spiro atoms. The Kier molecular flexibility index (Phi) is 5.55. The summed E-state index contributed by atoms with van der Waals surface area (Å²) in [5.41, 5.74) is 3.10. The average Bonchev–Trinajstić information content (AvgIpc) is 3.00. The van der Waals surface area contributed by atoms with E-state index in [1.54, 1.807) is 36.4 Å². The Bertz CT molecular complexity index is 1250. The number of carbonyl (C=O) groups is 3. The number of amides is 3. The Morgan fingerprint density at radius 1 is 0.844 bits per heavy atom. The van der Waals surface area contributed by atoms with Crippen molar-refractivity contribution in [1.29, 1.82) is 0 Å². The van der Waals surface area contributed by atoms with Crippen LogP contribution in [0, 0.1) is 12.7 Å². The molecule has 7 heteroatoms. The molecule has 1 aliphatic rings. The minimum absolute atomic E-state index is 0.0946. The van der Waals surface area contributed by atoms with Gasteiger partial charge in [0.25, 0.3) is 11.8 Å². The van der Waals surface area contributed by atoms with Crippen molar-refractivity contribution >= 4 is 40.4 Å². The molecular weight excluding hydrogens is 409 g/mol. The highest BCUT2D eigenvalue weighted by molar-refractivity contribution is 6.46. The van der Waals surface area contributed by atoms with E-state index in [1.165, 1.54) is 31.2 Å². The molecule has 1 aliphatic heterocycles. The third-order valence-corrected chi connectivity index (χ3v) is 5.05. The highest BCUT2D eigenvalue weighted by Gasteiger charge is 2.40. The first-order chi connectivity index (χ1) is 15.3. The highest BCUT2D eigenvalue weighted by Crippen LogP contribution is 2.35. The quantitative estimate of drug-likeness (QED) is 0.586. The lowest BCUT2D eigenvalue weighted by atomic mass is 10.0. The van der Waals surface area contributed by atoms with E-state index in [2.05, 4.69) is 10.6 Å². The summed E-state index contributed by atoms with van der Waals surface area (Å²) in [6.45, 7) is 3.23. The van der Waals surface area contributed by atoms with Crippen molar-refractivity contribution in [1.82, 2.24) is 0 Å². The maximum absolute atomic E-state index is 13.5. The summed E-state index contributed by atoms with van der Waals surface area (Å²) >= 11 is 0. The largest absolute Gasteiger partial charge is 0.350 e. The van der Waals surface area contributed by atoms with E-state index in [0.29, 0.717) is 22.6 Å². The molecule has 0 aliphatic carbocycles. The van der Waals surface area contributed by atoms with Crippen LogP contribution in [0.25, 0.3) is 5.57 Å². The van der Waals surface area contributed by atoms with E-state index >= 15 is 0 Å². The molecule has 2 N–H and O–H groups in total. The summed E-state index contributed by atoms with van der Waals surface area (Å²) in [5, 5.41) is 5.72. The van der Waals surface area contributed by atoms with Crippen molar-refractivity contribution < 1.29 is 18.8 Å². The molecule has 160 valence electrons. The number of hydrogen-bond donors (Lipinski definition) is 2. The molecule has 0 saturated carbocycles. The van der Waals surface area contributed by atoms with Gasteiger partial charge in [-0.1, -0.05) is 30.3 Å². The van der Waals surface area contributed by atoms with E-state index < -0.39 is 17.6 Å². The van der Waals surface area contributed by atoms with Gasteiger partial charge in [0.2, 0.25) is 5.91 Å². The summed E-state index contributed by atoms with van der Waals surface area (Å²) in [4.78, 5) is 39.1. The first kappa shape index (κ1) is 21.0. The van der Waals surface area contributed by atoms with Crippen molar-refractivity contribution in [3.63, 3.8) is 0 Å².